The summed E-state index contributed by atoms with van der Waals surface area (Å²) >= 11 is 0. The van der Waals surface area contributed by atoms with Crippen molar-refractivity contribution in [3.8, 4) is 11.3 Å². The first-order valence-electron chi connectivity index (χ1n) is 6.36. The summed E-state index contributed by atoms with van der Waals surface area (Å²) in [6, 6.07) is 12.4. The maximum atomic E-state index is 13.0. The molecule has 0 amide bonds. The number of aryl methyl sites for hydroxylation is 1. The predicted molar refractivity (Wildman–Crippen MR) is 75.5 cm³/mol. The van der Waals surface area contributed by atoms with Gasteiger partial charge < -0.3 is 4.52 Å². The third kappa shape index (κ3) is 2.65. The Morgan fingerprint density at radius 2 is 1.84 bits per heavy atom. The smallest absolute Gasteiger partial charge is 0.170 e. The molecule has 2 nitrogen and oxygen atoms in total. The normalized spacial score (nSPS) is 10.1. The Morgan fingerprint density at radius 1 is 1.05 bits per heavy atom. The lowest BCUT2D eigenvalue weighted by molar-refractivity contribution is 0.457. The van der Waals surface area contributed by atoms with E-state index in [2.05, 4.69) is 5.16 Å². The van der Waals surface area contributed by atoms with Crippen LogP contribution < -0.4 is 0 Å². The minimum absolute atomic E-state index is 0.315. The zero-order valence-electron chi connectivity index (χ0n) is 11.3. The number of fused-ring (bicyclic) bond motifs is 1. The number of hydrogen-bond acceptors (Lipinski definition) is 2. The molecule has 1 heterocycles. The van der Waals surface area contributed by atoms with Gasteiger partial charge in [0.25, 0.3) is 0 Å². The van der Waals surface area contributed by atoms with Crippen LogP contribution in [0.15, 0.2) is 47.0 Å². The molecule has 0 spiro atoms. The van der Waals surface area contributed by atoms with E-state index in [0.717, 1.165) is 22.2 Å². The van der Waals surface area contributed by atoms with Crippen LogP contribution in [0.5, 0.6) is 0 Å². The molecule has 2 aromatic carbocycles. The van der Waals surface area contributed by atoms with Crippen LogP contribution in [0.1, 0.15) is 19.4 Å². The molecule has 0 saturated heterocycles. The molecule has 98 valence electrons. The summed E-state index contributed by atoms with van der Waals surface area (Å²) in [6.07, 6.45) is 0. The lowest BCUT2D eigenvalue weighted by Crippen LogP contribution is -1.80. The van der Waals surface area contributed by atoms with E-state index in [0.29, 0.717) is 5.58 Å². The third-order valence-electron chi connectivity index (χ3n) is 2.73. The Hall–Kier alpha value is -2.16. The maximum Gasteiger partial charge on any atom is 0.170 e. The zero-order chi connectivity index (χ0) is 13.8. The van der Waals surface area contributed by atoms with Crippen molar-refractivity contribution in [1.82, 2.24) is 5.16 Å². The molecule has 0 saturated carbocycles. The highest BCUT2D eigenvalue weighted by Crippen LogP contribution is 2.28. The van der Waals surface area contributed by atoms with Crippen LogP contribution >= 0.6 is 0 Å². The van der Waals surface area contributed by atoms with Crippen LogP contribution in [0.4, 0.5) is 4.39 Å². The van der Waals surface area contributed by atoms with E-state index in [-0.39, 0.29) is 5.82 Å². The fourth-order valence-corrected chi connectivity index (χ4v) is 1.91. The van der Waals surface area contributed by atoms with Gasteiger partial charge in [0.2, 0.25) is 0 Å². The van der Waals surface area contributed by atoms with Crippen LogP contribution in [-0.2, 0) is 0 Å². The zero-order valence-corrected chi connectivity index (χ0v) is 11.3. The lowest BCUT2D eigenvalue weighted by atomic mass is 10.1. The van der Waals surface area contributed by atoms with Gasteiger partial charge in [-0.25, -0.2) is 4.39 Å². The van der Waals surface area contributed by atoms with E-state index in [9.17, 15) is 4.39 Å². The fraction of sp³-hybridized carbons (Fsp3) is 0.188. The van der Waals surface area contributed by atoms with Gasteiger partial charge in [-0.2, -0.15) is 0 Å². The van der Waals surface area contributed by atoms with Crippen molar-refractivity contribution in [3.63, 3.8) is 0 Å². The number of nitrogens with zero attached hydrogens (tertiary/aromatic N) is 1. The van der Waals surface area contributed by atoms with Crippen LogP contribution in [-0.4, -0.2) is 5.16 Å². The standard InChI is InChI=1S/C14H10FNO.C2H6/c1-9-3-2-4-10(7-9)14-12-6-5-11(15)8-13(12)17-16-14;1-2/h2-8H,1H3;1-2H3. The van der Waals surface area contributed by atoms with Gasteiger partial charge in [0.05, 0.1) is 0 Å². The topological polar surface area (TPSA) is 26.0 Å². The average molecular weight is 257 g/mol. The summed E-state index contributed by atoms with van der Waals surface area (Å²) in [5, 5.41) is 4.84. The highest BCUT2D eigenvalue weighted by atomic mass is 19.1. The number of aromatic nitrogens is 1. The minimum atomic E-state index is -0.315. The molecule has 0 N–H and O–H groups in total. The Kier molecular flexibility index (Phi) is 3.95. The minimum Gasteiger partial charge on any atom is -0.356 e. The molecule has 0 aliphatic heterocycles. The van der Waals surface area contributed by atoms with Crippen molar-refractivity contribution in [2.45, 2.75) is 20.8 Å². The van der Waals surface area contributed by atoms with E-state index in [4.69, 9.17) is 4.52 Å². The van der Waals surface area contributed by atoms with Crippen molar-refractivity contribution in [3.05, 3.63) is 53.8 Å². The summed E-state index contributed by atoms with van der Waals surface area (Å²) in [5.41, 5.74) is 3.36. The van der Waals surface area contributed by atoms with Gasteiger partial charge in [-0.3, -0.25) is 0 Å². The summed E-state index contributed by atoms with van der Waals surface area (Å²) in [4.78, 5) is 0. The van der Waals surface area contributed by atoms with Crippen molar-refractivity contribution >= 4 is 11.0 Å². The van der Waals surface area contributed by atoms with Crippen molar-refractivity contribution < 1.29 is 8.91 Å². The van der Waals surface area contributed by atoms with Gasteiger partial charge in [-0.1, -0.05) is 42.8 Å². The quantitative estimate of drug-likeness (QED) is 0.615. The molecule has 0 bridgehead atoms. The van der Waals surface area contributed by atoms with Gasteiger partial charge >= 0.3 is 0 Å². The molecule has 3 rings (SSSR count). The second-order valence-electron chi connectivity index (χ2n) is 4.04. The van der Waals surface area contributed by atoms with Gasteiger partial charge in [0.15, 0.2) is 5.58 Å². The van der Waals surface area contributed by atoms with Gasteiger partial charge in [0, 0.05) is 17.0 Å². The SMILES string of the molecule is CC.Cc1cccc(-c2noc3cc(F)ccc23)c1. The van der Waals surface area contributed by atoms with Crippen LogP contribution in [0.25, 0.3) is 22.2 Å². The summed E-state index contributed by atoms with van der Waals surface area (Å²) in [6.45, 7) is 6.02. The molecule has 0 aliphatic rings. The van der Waals surface area contributed by atoms with Crippen LogP contribution in [0.3, 0.4) is 0 Å². The molecule has 0 fully saturated rings. The molecule has 1 aromatic heterocycles. The van der Waals surface area contributed by atoms with Crippen LogP contribution in [0.2, 0.25) is 0 Å². The van der Waals surface area contributed by atoms with E-state index in [1.54, 1.807) is 6.07 Å². The monoisotopic (exact) mass is 257 g/mol. The second-order valence-corrected chi connectivity index (χ2v) is 4.04. The van der Waals surface area contributed by atoms with Crippen molar-refractivity contribution in [2.24, 2.45) is 0 Å². The molecule has 0 unspecified atom stereocenters. The highest BCUT2D eigenvalue weighted by molar-refractivity contribution is 5.91. The summed E-state index contributed by atoms with van der Waals surface area (Å²) in [5.74, 6) is -0.315. The number of benzene rings is 2. The third-order valence-corrected chi connectivity index (χ3v) is 2.73. The first kappa shape index (κ1) is 13.3. The Labute approximate surface area is 111 Å². The Bertz CT molecular complexity index is 688. The average Bonchev–Trinajstić information content (AvgIpc) is 2.84. The van der Waals surface area contributed by atoms with Crippen molar-refractivity contribution in [2.75, 3.05) is 0 Å². The summed E-state index contributed by atoms with van der Waals surface area (Å²) in [7, 11) is 0. The summed E-state index contributed by atoms with van der Waals surface area (Å²) < 4.78 is 18.2. The molecule has 3 aromatic rings. The number of hydrogen-bond donors (Lipinski definition) is 0. The molecule has 0 atom stereocenters. The molecule has 0 radical (unpaired) electrons. The fourth-order valence-electron chi connectivity index (χ4n) is 1.91. The Morgan fingerprint density at radius 3 is 2.58 bits per heavy atom. The van der Waals surface area contributed by atoms with Crippen molar-refractivity contribution in [1.29, 1.82) is 0 Å². The van der Waals surface area contributed by atoms with Gasteiger partial charge in [-0.05, 0) is 25.1 Å². The molecule has 3 heteroatoms. The highest BCUT2D eigenvalue weighted by Gasteiger charge is 2.10. The van der Waals surface area contributed by atoms with E-state index in [1.807, 2.05) is 45.0 Å². The largest absolute Gasteiger partial charge is 0.356 e. The number of halogens is 1. The predicted octanol–water partition coefficient (Wildman–Crippen LogP) is 4.97. The lowest BCUT2D eigenvalue weighted by Gasteiger charge is -1.98. The maximum absolute atomic E-state index is 13.0. The molecule has 0 aliphatic carbocycles. The Balaban J connectivity index is 0.000000637. The second kappa shape index (κ2) is 5.65. The van der Waals surface area contributed by atoms with Gasteiger partial charge in [-0.15, -0.1) is 0 Å². The first-order chi connectivity index (χ1) is 9.24. The molecular formula is C16H16FNO. The van der Waals surface area contributed by atoms with E-state index >= 15 is 0 Å². The van der Waals surface area contributed by atoms with Crippen LogP contribution in [0, 0.1) is 12.7 Å². The molecule has 19 heavy (non-hydrogen) atoms. The van der Waals surface area contributed by atoms with E-state index < -0.39 is 0 Å². The molecular weight excluding hydrogens is 241 g/mol. The first-order valence-corrected chi connectivity index (χ1v) is 6.36. The number of rotatable bonds is 1. The van der Waals surface area contributed by atoms with Gasteiger partial charge in [0.1, 0.15) is 11.5 Å². The van der Waals surface area contributed by atoms with E-state index in [1.165, 1.54) is 12.1 Å².